The zero-order chi connectivity index (χ0) is 20.3. The van der Waals surface area contributed by atoms with Crippen LogP contribution in [0, 0.1) is 10.1 Å². The van der Waals surface area contributed by atoms with E-state index in [4.69, 9.17) is 0 Å². The first-order valence-electron chi connectivity index (χ1n) is 8.99. The van der Waals surface area contributed by atoms with E-state index in [0.29, 0.717) is 30.0 Å². The molecule has 0 atom stereocenters. The molecule has 1 aliphatic rings. The van der Waals surface area contributed by atoms with Crippen LogP contribution in [0.5, 0.6) is 0 Å². The van der Waals surface area contributed by atoms with E-state index in [-0.39, 0.29) is 30.5 Å². The molecule has 0 aliphatic carbocycles. The number of nitro benzene ring substituents is 1. The number of carbonyl (C=O) groups excluding carboxylic acids is 2. The molecule has 8 heteroatoms. The number of nitro groups is 1. The molecule has 0 saturated heterocycles. The highest BCUT2D eigenvalue weighted by Crippen LogP contribution is 2.33. The average molecular weight is 382 g/mol. The van der Waals surface area contributed by atoms with Crippen LogP contribution in [0.1, 0.15) is 16.8 Å². The molecule has 28 heavy (non-hydrogen) atoms. The van der Waals surface area contributed by atoms with Gasteiger partial charge in [-0.2, -0.15) is 0 Å². The molecule has 1 aliphatic heterocycles. The van der Waals surface area contributed by atoms with Crippen LogP contribution < -0.4 is 9.80 Å². The van der Waals surface area contributed by atoms with E-state index >= 15 is 0 Å². The molecule has 0 aromatic heterocycles. The highest BCUT2D eigenvalue weighted by atomic mass is 16.6. The van der Waals surface area contributed by atoms with Gasteiger partial charge in [0.2, 0.25) is 5.91 Å². The zero-order valence-corrected chi connectivity index (χ0v) is 15.9. The maximum atomic E-state index is 13.1. The molecule has 0 N–H and O–H groups in total. The summed E-state index contributed by atoms with van der Waals surface area (Å²) in [4.78, 5) is 41.4. The van der Waals surface area contributed by atoms with E-state index in [1.807, 2.05) is 43.3 Å². The average Bonchev–Trinajstić information content (AvgIpc) is 2.82. The summed E-state index contributed by atoms with van der Waals surface area (Å²) in [6.07, 6.45) is 0.209. The number of benzene rings is 2. The van der Waals surface area contributed by atoms with Gasteiger partial charge in [0.1, 0.15) is 0 Å². The van der Waals surface area contributed by atoms with E-state index in [1.165, 1.54) is 24.3 Å². The zero-order valence-electron chi connectivity index (χ0n) is 15.9. The summed E-state index contributed by atoms with van der Waals surface area (Å²) >= 11 is 0. The normalized spacial score (nSPS) is 14.0. The molecule has 2 aromatic carbocycles. The van der Waals surface area contributed by atoms with E-state index in [2.05, 4.69) is 0 Å². The van der Waals surface area contributed by atoms with Crippen LogP contribution in [0.2, 0.25) is 0 Å². The Balaban J connectivity index is 1.94. The molecule has 146 valence electrons. The van der Waals surface area contributed by atoms with Crippen LogP contribution in [0.15, 0.2) is 48.5 Å². The molecular weight excluding hydrogens is 360 g/mol. The van der Waals surface area contributed by atoms with E-state index in [9.17, 15) is 19.7 Å². The predicted molar refractivity (Wildman–Crippen MR) is 107 cm³/mol. The molecule has 0 fully saturated rings. The number of amides is 2. The highest BCUT2D eigenvalue weighted by molar-refractivity contribution is 6.11. The Bertz CT molecular complexity index is 895. The van der Waals surface area contributed by atoms with Gasteiger partial charge in [-0.25, -0.2) is 0 Å². The molecule has 0 unspecified atom stereocenters. The largest absolute Gasteiger partial charge is 0.309 e. The number of non-ortho nitro benzene ring substituents is 1. The summed E-state index contributed by atoms with van der Waals surface area (Å²) in [6, 6.07) is 12.8. The minimum absolute atomic E-state index is 0.0340. The first-order chi connectivity index (χ1) is 13.4. The van der Waals surface area contributed by atoms with Gasteiger partial charge in [0, 0.05) is 43.8 Å². The molecular formula is C20H22N4O4. The standard InChI is InChI=1S/C20H22N4O4/c1-21(2)13-14-22-17-5-3-4-6-18(17)23(12-11-19(22)25)20(26)15-7-9-16(10-8-15)24(27)28/h3-10H,11-14H2,1-2H3. The van der Waals surface area contributed by atoms with Gasteiger partial charge in [-0.05, 0) is 38.4 Å². The third-order valence-electron chi connectivity index (χ3n) is 4.65. The van der Waals surface area contributed by atoms with Gasteiger partial charge < -0.3 is 14.7 Å². The van der Waals surface area contributed by atoms with Crippen molar-refractivity contribution in [2.24, 2.45) is 0 Å². The Labute approximate surface area is 163 Å². The van der Waals surface area contributed by atoms with Crippen molar-refractivity contribution in [3.8, 4) is 0 Å². The van der Waals surface area contributed by atoms with Crippen molar-refractivity contribution < 1.29 is 14.5 Å². The fourth-order valence-electron chi connectivity index (χ4n) is 3.16. The number of carbonyl (C=O) groups is 2. The number of likely N-dealkylation sites (N-methyl/N-ethyl adjacent to an activating group) is 1. The summed E-state index contributed by atoms with van der Waals surface area (Å²) in [7, 11) is 3.89. The van der Waals surface area contributed by atoms with Gasteiger partial charge >= 0.3 is 0 Å². The Kier molecular flexibility index (Phi) is 5.70. The SMILES string of the molecule is CN(C)CCN1C(=O)CCN(C(=O)c2ccc([N+](=O)[O-])cc2)c2ccccc21. The number of hydrogen-bond donors (Lipinski definition) is 0. The third kappa shape index (κ3) is 4.01. The lowest BCUT2D eigenvalue weighted by Crippen LogP contribution is -2.36. The van der Waals surface area contributed by atoms with Gasteiger partial charge in [-0.1, -0.05) is 12.1 Å². The topological polar surface area (TPSA) is 87.0 Å². The molecule has 1 heterocycles. The number of para-hydroxylation sites is 2. The predicted octanol–water partition coefficient (Wildman–Crippen LogP) is 2.54. The number of rotatable bonds is 5. The lowest BCUT2D eigenvalue weighted by atomic mass is 10.1. The minimum Gasteiger partial charge on any atom is -0.309 e. The Morgan fingerprint density at radius 2 is 1.75 bits per heavy atom. The molecule has 8 nitrogen and oxygen atoms in total. The smallest absolute Gasteiger partial charge is 0.269 e. The van der Waals surface area contributed by atoms with Crippen LogP contribution in [0.25, 0.3) is 0 Å². The van der Waals surface area contributed by atoms with E-state index < -0.39 is 4.92 Å². The lowest BCUT2D eigenvalue weighted by Gasteiger charge is -2.26. The molecule has 0 saturated carbocycles. The van der Waals surface area contributed by atoms with Crippen molar-refractivity contribution in [3.05, 3.63) is 64.2 Å². The monoisotopic (exact) mass is 382 g/mol. The summed E-state index contributed by atoms with van der Waals surface area (Å²) in [6.45, 7) is 1.49. The first-order valence-corrected chi connectivity index (χ1v) is 8.99. The summed E-state index contributed by atoms with van der Waals surface area (Å²) in [5.74, 6) is -0.321. The Morgan fingerprint density at radius 1 is 1.11 bits per heavy atom. The Hall–Kier alpha value is -3.26. The van der Waals surface area contributed by atoms with Gasteiger partial charge in [0.15, 0.2) is 0 Å². The molecule has 2 amide bonds. The second kappa shape index (κ2) is 8.18. The number of fused-ring (bicyclic) bond motifs is 1. The van der Waals surface area contributed by atoms with Gasteiger partial charge in [0.25, 0.3) is 11.6 Å². The van der Waals surface area contributed by atoms with Gasteiger partial charge in [-0.15, -0.1) is 0 Å². The highest BCUT2D eigenvalue weighted by Gasteiger charge is 2.29. The van der Waals surface area contributed by atoms with E-state index in [1.54, 1.807) is 9.80 Å². The van der Waals surface area contributed by atoms with Crippen LogP contribution in [0.4, 0.5) is 17.1 Å². The third-order valence-corrected chi connectivity index (χ3v) is 4.65. The second-order valence-corrected chi connectivity index (χ2v) is 6.85. The van der Waals surface area contributed by atoms with Crippen molar-refractivity contribution >= 4 is 28.9 Å². The summed E-state index contributed by atoms with van der Waals surface area (Å²) < 4.78 is 0. The minimum atomic E-state index is -0.503. The maximum Gasteiger partial charge on any atom is 0.269 e. The molecule has 0 radical (unpaired) electrons. The Morgan fingerprint density at radius 3 is 2.36 bits per heavy atom. The number of nitrogens with zero attached hydrogens (tertiary/aromatic N) is 4. The van der Waals surface area contributed by atoms with Crippen molar-refractivity contribution in [1.82, 2.24) is 4.90 Å². The molecule has 2 aromatic rings. The number of hydrogen-bond acceptors (Lipinski definition) is 5. The first kappa shape index (κ1) is 19.5. The van der Waals surface area contributed by atoms with E-state index in [0.717, 1.165) is 0 Å². The lowest BCUT2D eigenvalue weighted by molar-refractivity contribution is -0.384. The van der Waals surface area contributed by atoms with Gasteiger partial charge in [0.05, 0.1) is 16.3 Å². The van der Waals surface area contributed by atoms with Crippen LogP contribution in [-0.2, 0) is 4.79 Å². The summed E-state index contributed by atoms with van der Waals surface area (Å²) in [5.41, 5.74) is 1.63. The van der Waals surface area contributed by atoms with Crippen LogP contribution >= 0.6 is 0 Å². The maximum absolute atomic E-state index is 13.1. The summed E-state index contributed by atoms with van der Waals surface area (Å²) in [5, 5.41) is 10.8. The molecule has 3 rings (SSSR count). The van der Waals surface area contributed by atoms with Crippen molar-refractivity contribution in [2.75, 3.05) is 43.5 Å². The van der Waals surface area contributed by atoms with Crippen LogP contribution in [-0.4, -0.2) is 55.4 Å². The number of anilines is 2. The molecule has 0 bridgehead atoms. The van der Waals surface area contributed by atoms with Crippen molar-refractivity contribution in [3.63, 3.8) is 0 Å². The van der Waals surface area contributed by atoms with Crippen molar-refractivity contribution in [1.29, 1.82) is 0 Å². The van der Waals surface area contributed by atoms with Crippen molar-refractivity contribution in [2.45, 2.75) is 6.42 Å². The second-order valence-electron chi connectivity index (χ2n) is 6.85. The van der Waals surface area contributed by atoms with Gasteiger partial charge in [-0.3, -0.25) is 19.7 Å². The molecule has 0 spiro atoms. The fraction of sp³-hybridized carbons (Fsp3) is 0.300. The van der Waals surface area contributed by atoms with Crippen LogP contribution in [0.3, 0.4) is 0 Å². The fourth-order valence-corrected chi connectivity index (χ4v) is 3.16. The quantitative estimate of drug-likeness (QED) is 0.586.